The van der Waals surface area contributed by atoms with Gasteiger partial charge >= 0.3 is 0 Å². The van der Waals surface area contributed by atoms with Crippen LogP contribution < -0.4 is 5.73 Å². The number of carbonyl (C=O) groups excluding carboxylic acids is 1. The lowest BCUT2D eigenvalue weighted by Crippen LogP contribution is -2.50. The summed E-state index contributed by atoms with van der Waals surface area (Å²) in [6.45, 7) is 4.86. The van der Waals surface area contributed by atoms with Gasteiger partial charge in [0.05, 0.1) is 6.04 Å². The molecule has 0 spiro atoms. The Morgan fingerprint density at radius 3 is 1.88 bits per heavy atom. The van der Waals surface area contributed by atoms with Crippen molar-refractivity contribution in [1.29, 1.82) is 0 Å². The van der Waals surface area contributed by atoms with Crippen LogP contribution in [-0.4, -0.2) is 41.9 Å². The van der Waals surface area contributed by atoms with E-state index in [1.54, 1.807) is 6.92 Å². The lowest BCUT2D eigenvalue weighted by Gasteiger charge is -2.41. The maximum Gasteiger partial charge on any atom is 0.219 e. The summed E-state index contributed by atoms with van der Waals surface area (Å²) in [5, 5.41) is 0. The topological polar surface area (TPSA) is 49.6 Å². The van der Waals surface area contributed by atoms with E-state index >= 15 is 0 Å². The number of hydrogen-bond acceptors (Lipinski definition) is 3. The molecule has 1 saturated heterocycles. The van der Waals surface area contributed by atoms with Crippen LogP contribution in [0.25, 0.3) is 0 Å². The van der Waals surface area contributed by atoms with Crippen molar-refractivity contribution in [3.8, 4) is 0 Å². The molecule has 2 N–H and O–H groups in total. The fraction of sp³-hybridized carbons (Fsp3) is 0.350. The van der Waals surface area contributed by atoms with Gasteiger partial charge in [0.15, 0.2) is 0 Å². The average Bonchev–Trinajstić information content (AvgIpc) is 2.64. The van der Waals surface area contributed by atoms with Crippen molar-refractivity contribution in [3.05, 3.63) is 71.8 Å². The number of rotatable bonds is 4. The monoisotopic (exact) mass is 323 g/mol. The van der Waals surface area contributed by atoms with Crippen LogP contribution in [0.3, 0.4) is 0 Å². The molecule has 24 heavy (non-hydrogen) atoms. The molecular weight excluding hydrogens is 298 g/mol. The molecule has 1 fully saturated rings. The van der Waals surface area contributed by atoms with Crippen LogP contribution in [0.2, 0.25) is 0 Å². The normalized spacial score (nSPS) is 18.2. The molecule has 0 saturated carbocycles. The third-order valence-electron chi connectivity index (χ3n) is 4.82. The van der Waals surface area contributed by atoms with Crippen molar-refractivity contribution in [1.82, 2.24) is 9.80 Å². The highest BCUT2D eigenvalue weighted by Crippen LogP contribution is 2.33. The fourth-order valence-corrected chi connectivity index (χ4v) is 3.47. The zero-order chi connectivity index (χ0) is 16.9. The lowest BCUT2D eigenvalue weighted by molar-refractivity contribution is -0.131. The van der Waals surface area contributed by atoms with E-state index in [1.807, 2.05) is 29.2 Å². The quantitative estimate of drug-likeness (QED) is 0.941. The van der Waals surface area contributed by atoms with Crippen molar-refractivity contribution in [2.24, 2.45) is 5.73 Å². The summed E-state index contributed by atoms with van der Waals surface area (Å²) in [5.74, 6) is 0.151. The standard InChI is InChI=1S/C20H25N3O/c1-16(24)22-12-14-23(15-13-22)20(18-10-6-3-7-11-18)19(21)17-8-4-2-5-9-17/h2-11,19-20H,12-15,21H2,1H3/t19-,20+/m0/s1. The van der Waals surface area contributed by atoms with Crippen LogP contribution in [0, 0.1) is 0 Å². The highest BCUT2D eigenvalue weighted by Gasteiger charge is 2.30. The number of nitrogens with two attached hydrogens (primary N) is 1. The van der Waals surface area contributed by atoms with Crippen LogP contribution in [0.15, 0.2) is 60.7 Å². The molecule has 1 amide bonds. The molecule has 0 aromatic heterocycles. The summed E-state index contributed by atoms with van der Waals surface area (Å²) in [6.07, 6.45) is 0. The van der Waals surface area contributed by atoms with Crippen molar-refractivity contribution in [3.63, 3.8) is 0 Å². The Labute approximate surface area is 143 Å². The SMILES string of the molecule is CC(=O)N1CCN([C@H](c2ccccc2)[C@@H](N)c2ccccc2)CC1. The van der Waals surface area contributed by atoms with Gasteiger partial charge in [-0.2, -0.15) is 0 Å². The van der Waals surface area contributed by atoms with E-state index in [0.29, 0.717) is 0 Å². The summed E-state index contributed by atoms with van der Waals surface area (Å²) >= 11 is 0. The molecule has 0 bridgehead atoms. The zero-order valence-corrected chi connectivity index (χ0v) is 14.1. The van der Waals surface area contributed by atoms with Gasteiger partial charge < -0.3 is 10.6 Å². The maximum atomic E-state index is 11.6. The molecule has 2 atom stereocenters. The zero-order valence-electron chi connectivity index (χ0n) is 14.1. The predicted molar refractivity (Wildman–Crippen MR) is 96.4 cm³/mol. The number of hydrogen-bond donors (Lipinski definition) is 1. The first kappa shape index (κ1) is 16.7. The molecule has 0 unspecified atom stereocenters. The largest absolute Gasteiger partial charge is 0.340 e. The Hall–Kier alpha value is -2.17. The Kier molecular flexibility index (Phi) is 5.28. The Morgan fingerprint density at radius 2 is 1.38 bits per heavy atom. The van der Waals surface area contributed by atoms with Crippen molar-refractivity contribution in [2.45, 2.75) is 19.0 Å². The summed E-state index contributed by atoms with van der Waals surface area (Å²) in [6, 6.07) is 20.7. The van der Waals surface area contributed by atoms with E-state index in [9.17, 15) is 4.79 Å². The van der Waals surface area contributed by atoms with E-state index in [-0.39, 0.29) is 18.0 Å². The minimum atomic E-state index is -0.0996. The van der Waals surface area contributed by atoms with Crippen LogP contribution in [-0.2, 0) is 4.79 Å². The smallest absolute Gasteiger partial charge is 0.219 e. The predicted octanol–water partition coefficient (Wildman–Crippen LogP) is 2.59. The van der Waals surface area contributed by atoms with Crippen LogP contribution in [0.4, 0.5) is 0 Å². The molecule has 4 heteroatoms. The van der Waals surface area contributed by atoms with Crippen molar-refractivity contribution >= 4 is 5.91 Å². The number of amides is 1. The van der Waals surface area contributed by atoms with Gasteiger partial charge in [-0.25, -0.2) is 0 Å². The minimum absolute atomic E-state index is 0.0996. The minimum Gasteiger partial charge on any atom is -0.340 e. The molecule has 1 aliphatic heterocycles. The average molecular weight is 323 g/mol. The second-order valence-electron chi connectivity index (χ2n) is 6.33. The Bertz CT molecular complexity index is 651. The van der Waals surface area contributed by atoms with Gasteiger partial charge in [-0.05, 0) is 11.1 Å². The third-order valence-corrected chi connectivity index (χ3v) is 4.82. The van der Waals surface area contributed by atoms with E-state index in [1.165, 1.54) is 5.56 Å². The first-order chi connectivity index (χ1) is 11.7. The lowest BCUT2D eigenvalue weighted by atomic mass is 9.92. The number of benzene rings is 2. The molecule has 126 valence electrons. The summed E-state index contributed by atoms with van der Waals surface area (Å²) < 4.78 is 0. The van der Waals surface area contributed by atoms with Gasteiger partial charge in [0.25, 0.3) is 0 Å². The molecule has 2 aromatic carbocycles. The molecule has 4 nitrogen and oxygen atoms in total. The van der Waals surface area contributed by atoms with Crippen LogP contribution in [0.1, 0.15) is 30.1 Å². The summed E-state index contributed by atoms with van der Waals surface area (Å²) in [4.78, 5) is 15.9. The van der Waals surface area contributed by atoms with Gasteiger partial charge in [-0.1, -0.05) is 60.7 Å². The highest BCUT2D eigenvalue weighted by atomic mass is 16.2. The van der Waals surface area contributed by atoms with E-state index in [4.69, 9.17) is 5.73 Å². The molecular formula is C20H25N3O. The Balaban J connectivity index is 1.85. The van der Waals surface area contributed by atoms with Gasteiger partial charge in [0.1, 0.15) is 0 Å². The van der Waals surface area contributed by atoms with Crippen molar-refractivity contribution in [2.75, 3.05) is 26.2 Å². The molecule has 1 heterocycles. The first-order valence-electron chi connectivity index (χ1n) is 8.52. The van der Waals surface area contributed by atoms with Gasteiger partial charge in [0, 0.05) is 39.1 Å². The Morgan fingerprint density at radius 1 is 0.875 bits per heavy atom. The van der Waals surface area contributed by atoms with E-state index < -0.39 is 0 Å². The van der Waals surface area contributed by atoms with Crippen molar-refractivity contribution < 1.29 is 4.79 Å². The molecule has 3 rings (SSSR count). The number of carbonyl (C=O) groups is 1. The van der Waals surface area contributed by atoms with Crippen LogP contribution in [0.5, 0.6) is 0 Å². The molecule has 2 aromatic rings. The molecule has 1 aliphatic rings. The van der Waals surface area contributed by atoms with E-state index in [2.05, 4.69) is 41.3 Å². The molecule has 0 aliphatic carbocycles. The molecule has 0 radical (unpaired) electrons. The second-order valence-corrected chi connectivity index (χ2v) is 6.33. The second kappa shape index (κ2) is 7.60. The summed E-state index contributed by atoms with van der Waals surface area (Å²) in [7, 11) is 0. The van der Waals surface area contributed by atoms with Gasteiger partial charge in [-0.15, -0.1) is 0 Å². The van der Waals surface area contributed by atoms with Gasteiger partial charge in [0.2, 0.25) is 5.91 Å². The van der Waals surface area contributed by atoms with E-state index in [0.717, 1.165) is 31.7 Å². The van der Waals surface area contributed by atoms with Crippen LogP contribution >= 0.6 is 0 Å². The maximum absolute atomic E-state index is 11.6. The van der Waals surface area contributed by atoms with Gasteiger partial charge in [-0.3, -0.25) is 9.69 Å². The first-order valence-corrected chi connectivity index (χ1v) is 8.52. The fourth-order valence-electron chi connectivity index (χ4n) is 3.47. The summed E-state index contributed by atoms with van der Waals surface area (Å²) in [5.41, 5.74) is 9.04. The highest BCUT2D eigenvalue weighted by molar-refractivity contribution is 5.73. The number of piperazine rings is 1. The third kappa shape index (κ3) is 3.66. The number of nitrogens with zero attached hydrogens (tertiary/aromatic N) is 2.